The monoisotopic (exact) mass is 187 g/mol. The van der Waals surface area contributed by atoms with E-state index in [1.54, 1.807) is 0 Å². The van der Waals surface area contributed by atoms with Crippen LogP contribution >= 0.6 is 0 Å². The molecule has 2 unspecified atom stereocenters. The third kappa shape index (κ3) is 8.26. The van der Waals surface area contributed by atoms with Crippen LogP contribution in [0.4, 0.5) is 0 Å². The van der Waals surface area contributed by atoms with Crippen LogP contribution in [0.1, 0.15) is 53.4 Å². The molecular weight excluding hydrogens is 164 g/mol. The minimum Gasteiger partial charge on any atom is -0.345 e. The summed E-state index contributed by atoms with van der Waals surface area (Å²) >= 11 is 0. The van der Waals surface area contributed by atoms with Crippen molar-refractivity contribution < 1.29 is 9.47 Å². The van der Waals surface area contributed by atoms with Crippen molar-refractivity contribution in [3.05, 3.63) is 6.79 Å². The second-order valence-electron chi connectivity index (χ2n) is 3.57. The highest BCUT2D eigenvalue weighted by Gasteiger charge is 2.04. The van der Waals surface area contributed by atoms with Gasteiger partial charge < -0.3 is 9.47 Å². The predicted molar refractivity (Wildman–Crippen MR) is 55.2 cm³/mol. The van der Waals surface area contributed by atoms with Gasteiger partial charge in [0, 0.05) is 0 Å². The molecule has 0 N–H and O–H groups in total. The molecule has 0 aromatic rings. The van der Waals surface area contributed by atoms with Crippen molar-refractivity contribution in [1.29, 1.82) is 0 Å². The minimum atomic E-state index is 0.277. The van der Waals surface area contributed by atoms with Crippen molar-refractivity contribution in [1.82, 2.24) is 0 Å². The van der Waals surface area contributed by atoms with Gasteiger partial charge >= 0.3 is 0 Å². The Labute approximate surface area is 82.6 Å². The second kappa shape index (κ2) is 8.52. The quantitative estimate of drug-likeness (QED) is 0.579. The van der Waals surface area contributed by atoms with Crippen LogP contribution in [0.3, 0.4) is 0 Å². The zero-order valence-corrected chi connectivity index (χ0v) is 9.38. The van der Waals surface area contributed by atoms with Crippen LogP contribution in [0, 0.1) is 6.79 Å². The molecule has 0 bridgehead atoms. The number of hydrogen-bond acceptors (Lipinski definition) is 2. The van der Waals surface area contributed by atoms with Gasteiger partial charge in [0.25, 0.3) is 0 Å². The Morgan fingerprint density at radius 2 is 1.31 bits per heavy atom. The predicted octanol–water partition coefficient (Wildman–Crippen LogP) is 3.52. The summed E-state index contributed by atoms with van der Waals surface area (Å²) in [4.78, 5) is 0. The Morgan fingerprint density at radius 1 is 0.923 bits per heavy atom. The molecule has 0 rings (SSSR count). The molecule has 0 aliphatic carbocycles. The molecule has 0 aliphatic heterocycles. The van der Waals surface area contributed by atoms with Gasteiger partial charge in [-0.1, -0.05) is 26.7 Å². The van der Waals surface area contributed by atoms with Crippen molar-refractivity contribution in [2.24, 2.45) is 0 Å². The molecule has 0 amide bonds. The van der Waals surface area contributed by atoms with Crippen molar-refractivity contribution in [2.45, 2.75) is 65.6 Å². The summed E-state index contributed by atoms with van der Waals surface area (Å²) in [7, 11) is 0. The van der Waals surface area contributed by atoms with Crippen molar-refractivity contribution >= 4 is 0 Å². The van der Waals surface area contributed by atoms with E-state index in [9.17, 15) is 0 Å². The van der Waals surface area contributed by atoms with Crippen molar-refractivity contribution in [3.8, 4) is 0 Å². The summed E-state index contributed by atoms with van der Waals surface area (Å²) in [5.74, 6) is 0. The number of rotatable bonds is 8. The lowest BCUT2D eigenvalue weighted by Gasteiger charge is -2.14. The van der Waals surface area contributed by atoms with Gasteiger partial charge in [-0.05, 0) is 26.7 Å². The topological polar surface area (TPSA) is 18.5 Å². The molecule has 2 heteroatoms. The SMILES string of the molecule is CCCC(C)O[CH]OC(C)CCC. The van der Waals surface area contributed by atoms with E-state index in [1.165, 1.54) is 6.79 Å². The zero-order chi connectivity index (χ0) is 10.1. The van der Waals surface area contributed by atoms with Gasteiger partial charge in [0.05, 0.1) is 12.2 Å². The van der Waals surface area contributed by atoms with Gasteiger partial charge in [-0.2, -0.15) is 0 Å². The summed E-state index contributed by atoms with van der Waals surface area (Å²) in [6, 6.07) is 0. The molecule has 0 spiro atoms. The Bertz CT molecular complexity index is 92.3. The fourth-order valence-corrected chi connectivity index (χ4v) is 1.17. The van der Waals surface area contributed by atoms with Crippen molar-refractivity contribution in [2.75, 3.05) is 0 Å². The van der Waals surface area contributed by atoms with Crippen molar-refractivity contribution in [3.63, 3.8) is 0 Å². The average molecular weight is 187 g/mol. The zero-order valence-electron chi connectivity index (χ0n) is 9.38. The van der Waals surface area contributed by atoms with E-state index in [0.29, 0.717) is 0 Å². The van der Waals surface area contributed by atoms with E-state index < -0.39 is 0 Å². The molecule has 0 saturated carbocycles. The first-order chi connectivity index (χ1) is 6.20. The largest absolute Gasteiger partial charge is 0.345 e. The molecule has 2 atom stereocenters. The lowest BCUT2D eigenvalue weighted by atomic mass is 10.2. The maximum atomic E-state index is 5.35. The van der Waals surface area contributed by atoms with Crippen LogP contribution < -0.4 is 0 Å². The molecule has 0 aromatic heterocycles. The molecule has 1 radical (unpaired) electrons. The van der Waals surface area contributed by atoms with E-state index in [0.717, 1.165) is 25.7 Å². The van der Waals surface area contributed by atoms with Gasteiger partial charge in [-0.15, -0.1) is 0 Å². The van der Waals surface area contributed by atoms with E-state index in [4.69, 9.17) is 9.47 Å². The van der Waals surface area contributed by atoms with Gasteiger partial charge in [-0.3, -0.25) is 0 Å². The van der Waals surface area contributed by atoms with Crippen LogP contribution in [0.25, 0.3) is 0 Å². The van der Waals surface area contributed by atoms with Crippen LogP contribution in [-0.2, 0) is 9.47 Å². The highest BCUT2D eigenvalue weighted by Crippen LogP contribution is 2.06. The van der Waals surface area contributed by atoms with Gasteiger partial charge in [-0.25, -0.2) is 0 Å². The smallest absolute Gasteiger partial charge is 0.209 e. The minimum absolute atomic E-state index is 0.277. The highest BCUT2D eigenvalue weighted by atomic mass is 16.7. The molecular formula is C11H23O2. The van der Waals surface area contributed by atoms with Crippen LogP contribution in [-0.4, -0.2) is 12.2 Å². The Balaban J connectivity index is 3.23. The Kier molecular flexibility index (Phi) is 8.46. The third-order valence-corrected chi connectivity index (χ3v) is 1.97. The number of ether oxygens (including phenoxy) is 2. The Morgan fingerprint density at radius 3 is 1.62 bits per heavy atom. The molecule has 2 nitrogen and oxygen atoms in total. The van der Waals surface area contributed by atoms with Crippen LogP contribution in [0.2, 0.25) is 0 Å². The van der Waals surface area contributed by atoms with Gasteiger partial charge in [0.1, 0.15) is 0 Å². The molecule has 0 saturated heterocycles. The molecule has 0 aromatic carbocycles. The summed E-state index contributed by atoms with van der Waals surface area (Å²) in [6.07, 6.45) is 5.03. The number of hydrogen-bond donors (Lipinski definition) is 0. The highest BCUT2D eigenvalue weighted by molar-refractivity contribution is 4.52. The fraction of sp³-hybridized carbons (Fsp3) is 0.909. The normalized spacial score (nSPS) is 15.7. The van der Waals surface area contributed by atoms with Gasteiger partial charge in [0.2, 0.25) is 6.79 Å². The first-order valence-electron chi connectivity index (χ1n) is 5.33. The van der Waals surface area contributed by atoms with Crippen LogP contribution in [0.15, 0.2) is 0 Å². The summed E-state index contributed by atoms with van der Waals surface area (Å²) in [5.41, 5.74) is 0. The van der Waals surface area contributed by atoms with Crippen LogP contribution in [0.5, 0.6) is 0 Å². The first kappa shape index (κ1) is 12.9. The average Bonchev–Trinajstić information content (AvgIpc) is 2.05. The lowest BCUT2D eigenvalue weighted by molar-refractivity contribution is -0.0461. The van der Waals surface area contributed by atoms with E-state index in [2.05, 4.69) is 27.7 Å². The van der Waals surface area contributed by atoms with Gasteiger partial charge in [0.15, 0.2) is 0 Å². The molecule has 79 valence electrons. The maximum absolute atomic E-state index is 5.35. The molecule has 0 heterocycles. The first-order valence-corrected chi connectivity index (χ1v) is 5.33. The summed E-state index contributed by atoms with van der Waals surface area (Å²) in [5, 5.41) is 0. The van der Waals surface area contributed by atoms with E-state index in [-0.39, 0.29) is 12.2 Å². The lowest BCUT2D eigenvalue weighted by Crippen LogP contribution is -2.11. The fourth-order valence-electron chi connectivity index (χ4n) is 1.17. The molecule has 0 fully saturated rings. The standard InChI is InChI=1S/C11H23O2/c1-5-7-10(3)12-9-13-11(4)8-6-2/h9-11H,5-8H2,1-4H3. The molecule has 0 aliphatic rings. The maximum Gasteiger partial charge on any atom is 0.209 e. The Hall–Kier alpha value is -0.0800. The summed E-state index contributed by atoms with van der Waals surface area (Å²) in [6.45, 7) is 9.93. The van der Waals surface area contributed by atoms with E-state index >= 15 is 0 Å². The molecule has 13 heavy (non-hydrogen) atoms. The third-order valence-electron chi connectivity index (χ3n) is 1.97. The van der Waals surface area contributed by atoms with E-state index in [1.807, 2.05) is 0 Å². The second-order valence-corrected chi connectivity index (χ2v) is 3.57. The summed E-state index contributed by atoms with van der Waals surface area (Å²) < 4.78 is 10.7.